The lowest BCUT2D eigenvalue weighted by Crippen LogP contribution is -2.65. The molecule has 0 saturated heterocycles. The molecule has 0 fully saturated rings. The second-order valence-electron chi connectivity index (χ2n) is 13.5. The molecule has 0 spiro atoms. The zero-order valence-electron chi connectivity index (χ0n) is 28.4. The Morgan fingerprint density at radius 2 is 0.755 bits per heavy atom. The number of para-hydroxylation sites is 2. The summed E-state index contributed by atoms with van der Waals surface area (Å²) in [5, 5.41) is 0. The van der Waals surface area contributed by atoms with Crippen LogP contribution in [0, 0.1) is 0 Å². The number of hydrogen-bond donors (Lipinski definition) is 0. The van der Waals surface area contributed by atoms with Crippen LogP contribution in [-0.4, -0.2) is 28.4 Å². The minimum Gasteiger partial charge on any atom is -0.313 e. The topological polar surface area (TPSA) is 41.9 Å². The van der Waals surface area contributed by atoms with Gasteiger partial charge in [-0.3, -0.25) is 0 Å². The number of hydrogen-bond acceptors (Lipinski definition) is 4. The zero-order valence-corrected chi connectivity index (χ0v) is 31.5. The zero-order chi connectivity index (χ0) is 35.5. The summed E-state index contributed by atoms with van der Waals surface area (Å²) in [6, 6.07) is 60.3. The Bertz CT molecular complexity index is 2480. The molecular weight excluding hydrogens is 778 g/mol. The van der Waals surface area contributed by atoms with E-state index in [0.29, 0.717) is 17.5 Å². The van der Waals surface area contributed by atoms with E-state index in [2.05, 4.69) is 170 Å². The maximum Gasteiger partial charge on any atom is 0.246 e. The van der Waals surface area contributed by atoms with E-state index in [4.69, 9.17) is 15.0 Å². The fourth-order valence-electron chi connectivity index (χ4n) is 8.05. The highest BCUT2D eigenvalue weighted by Gasteiger charge is 2.43. The molecule has 0 amide bonds. The highest BCUT2D eigenvalue weighted by Crippen LogP contribution is 2.38. The summed E-state index contributed by atoms with van der Waals surface area (Å²) in [5.41, 5.74) is 13.9. The van der Waals surface area contributed by atoms with Crippen molar-refractivity contribution >= 4 is 95.1 Å². The van der Waals surface area contributed by atoms with Gasteiger partial charge in [0, 0.05) is 42.7 Å². The monoisotopic (exact) mass is 804 g/mol. The van der Waals surface area contributed by atoms with Crippen LogP contribution in [0.3, 0.4) is 0 Å². The van der Waals surface area contributed by atoms with Gasteiger partial charge in [-0.1, -0.05) is 176 Å². The van der Waals surface area contributed by atoms with Gasteiger partial charge in [-0.25, -0.2) is 15.0 Å². The van der Waals surface area contributed by atoms with Gasteiger partial charge in [0.1, 0.15) is 0 Å². The van der Waals surface area contributed by atoms with Crippen LogP contribution in [0.2, 0.25) is 0 Å². The van der Waals surface area contributed by atoms with Crippen LogP contribution in [0.1, 0.15) is 0 Å². The first-order chi connectivity index (χ1) is 26.1. The summed E-state index contributed by atoms with van der Waals surface area (Å²) in [7, 11) is 0. The van der Waals surface area contributed by atoms with Gasteiger partial charge in [-0.05, 0) is 58.2 Å². The Morgan fingerprint density at radius 3 is 1.19 bits per heavy atom. The molecule has 7 aromatic carbocycles. The molecule has 2 aliphatic heterocycles. The highest BCUT2D eigenvalue weighted by atomic mass is 79.9. The van der Waals surface area contributed by atoms with Gasteiger partial charge in [0.25, 0.3) is 0 Å². The second-order valence-corrected chi connectivity index (χ2v) is 15.3. The molecule has 0 atom stereocenters. The van der Waals surface area contributed by atoms with Gasteiger partial charge in [-0.2, -0.15) is 0 Å². The van der Waals surface area contributed by atoms with Crippen molar-refractivity contribution < 1.29 is 0 Å². The van der Waals surface area contributed by atoms with Gasteiger partial charge in [0.05, 0.1) is 0 Å². The van der Waals surface area contributed by atoms with Crippen molar-refractivity contribution in [3.05, 3.63) is 179 Å². The molecule has 2 aliphatic rings. The van der Waals surface area contributed by atoms with Crippen molar-refractivity contribution in [2.75, 3.05) is 4.90 Å². The van der Waals surface area contributed by atoms with E-state index in [1.54, 1.807) is 0 Å². The van der Waals surface area contributed by atoms with E-state index in [0.717, 1.165) is 25.6 Å². The Labute approximate surface area is 326 Å². The predicted octanol–water partition coefficient (Wildman–Crippen LogP) is 7.53. The normalized spacial score (nSPS) is 12.6. The third kappa shape index (κ3) is 5.56. The first kappa shape index (κ1) is 32.1. The van der Waals surface area contributed by atoms with Gasteiger partial charge >= 0.3 is 0 Å². The highest BCUT2D eigenvalue weighted by molar-refractivity contribution is 9.10. The summed E-state index contributed by atoms with van der Waals surface area (Å²) >= 11 is 7.38. The maximum atomic E-state index is 5.22. The molecule has 0 radical (unpaired) electrons. The third-order valence-corrected chi connectivity index (χ3v) is 11.4. The number of halogens is 2. The Morgan fingerprint density at radius 1 is 0.377 bits per heavy atom. The number of fused-ring (bicyclic) bond motifs is 4. The summed E-state index contributed by atoms with van der Waals surface area (Å²) < 4.78 is 2.11. The van der Waals surface area contributed by atoms with Crippen LogP contribution < -0.4 is 37.7 Å². The molecule has 53 heavy (non-hydrogen) atoms. The van der Waals surface area contributed by atoms with Gasteiger partial charge < -0.3 is 4.90 Å². The lowest BCUT2D eigenvalue weighted by Gasteiger charge is -2.44. The minimum absolute atomic E-state index is 0.0240. The van der Waals surface area contributed by atoms with Crippen LogP contribution in [0.25, 0.3) is 34.2 Å². The molecular formula is C45H28B2Br2N4. The van der Waals surface area contributed by atoms with Crippen molar-refractivity contribution in [1.82, 2.24) is 15.0 Å². The number of aromatic nitrogens is 3. The number of benzene rings is 7. The van der Waals surface area contributed by atoms with Gasteiger partial charge in [0.15, 0.2) is 17.5 Å². The van der Waals surface area contributed by atoms with Crippen LogP contribution >= 0.6 is 31.9 Å². The minimum atomic E-state index is -0.0240. The van der Waals surface area contributed by atoms with Crippen molar-refractivity contribution in [3.63, 3.8) is 0 Å². The van der Waals surface area contributed by atoms with Crippen LogP contribution in [0.15, 0.2) is 179 Å². The molecule has 0 aliphatic carbocycles. The summed E-state index contributed by atoms with van der Waals surface area (Å²) in [5.74, 6) is 1.93. The average molecular weight is 806 g/mol. The molecule has 8 heteroatoms. The molecule has 0 unspecified atom stereocenters. The van der Waals surface area contributed by atoms with E-state index < -0.39 is 0 Å². The van der Waals surface area contributed by atoms with Crippen LogP contribution in [0.4, 0.5) is 17.1 Å². The summed E-state index contributed by atoms with van der Waals surface area (Å²) in [4.78, 5) is 17.9. The van der Waals surface area contributed by atoms with Crippen molar-refractivity contribution in [3.8, 4) is 34.2 Å². The SMILES string of the molecule is Brc1ccc(B2c3ccccc3N3c4ccccc4B(c4ccc(Br)cc4)c4cc(-c5nc(-c6ccccc6)nc(-c6ccccc6)n5)cc2c43)cc1. The summed E-state index contributed by atoms with van der Waals surface area (Å²) in [6.07, 6.45) is 0. The van der Waals surface area contributed by atoms with Gasteiger partial charge in [0.2, 0.25) is 13.4 Å². The fraction of sp³-hybridized carbons (Fsp3) is 0. The van der Waals surface area contributed by atoms with E-state index in [9.17, 15) is 0 Å². The Hall–Kier alpha value is -5.56. The molecule has 248 valence electrons. The number of rotatable bonds is 5. The van der Waals surface area contributed by atoms with E-state index >= 15 is 0 Å². The van der Waals surface area contributed by atoms with E-state index in [-0.39, 0.29) is 13.4 Å². The third-order valence-electron chi connectivity index (χ3n) is 10.4. The van der Waals surface area contributed by atoms with Crippen LogP contribution in [-0.2, 0) is 0 Å². The quantitative estimate of drug-likeness (QED) is 0.169. The van der Waals surface area contributed by atoms with Gasteiger partial charge in [-0.15, -0.1) is 0 Å². The number of nitrogens with zero attached hydrogens (tertiary/aromatic N) is 4. The first-order valence-corrected chi connectivity index (χ1v) is 19.2. The number of anilines is 3. The largest absolute Gasteiger partial charge is 0.313 e. The maximum absolute atomic E-state index is 5.22. The fourth-order valence-corrected chi connectivity index (χ4v) is 8.58. The molecule has 0 saturated carbocycles. The average Bonchev–Trinajstić information content (AvgIpc) is 3.22. The Balaban J connectivity index is 1.30. The second kappa shape index (κ2) is 13.1. The predicted molar refractivity (Wildman–Crippen MR) is 228 cm³/mol. The van der Waals surface area contributed by atoms with Crippen LogP contribution in [0.5, 0.6) is 0 Å². The van der Waals surface area contributed by atoms with E-state index in [1.807, 2.05) is 36.4 Å². The summed E-state index contributed by atoms with van der Waals surface area (Å²) in [6.45, 7) is -0.0480. The molecule has 0 N–H and O–H groups in total. The van der Waals surface area contributed by atoms with Crippen molar-refractivity contribution in [2.45, 2.75) is 0 Å². The molecule has 1 aromatic heterocycles. The van der Waals surface area contributed by atoms with E-state index in [1.165, 1.54) is 49.8 Å². The van der Waals surface area contributed by atoms with Crippen molar-refractivity contribution in [1.29, 1.82) is 0 Å². The molecule has 3 heterocycles. The standard InChI is InChI=1S/C45H28B2Br2N4/c48-34-23-19-32(20-24-34)46-36-15-7-9-17-40(36)53-41-18-10-8-16-37(41)47(33-21-25-35(49)26-22-33)39-28-31(27-38(46)42(39)53)45-51-43(29-11-3-1-4-12-29)50-44(52-45)30-13-5-2-6-14-30/h1-28H. The molecule has 4 nitrogen and oxygen atoms in total. The smallest absolute Gasteiger partial charge is 0.246 e. The first-order valence-electron chi connectivity index (χ1n) is 17.6. The lowest BCUT2D eigenvalue weighted by molar-refractivity contribution is 1.07. The molecule has 0 bridgehead atoms. The lowest BCUT2D eigenvalue weighted by atomic mass is 9.30. The molecule has 8 aromatic rings. The molecule has 10 rings (SSSR count). The Kier molecular flexibility index (Phi) is 7.96. The van der Waals surface area contributed by atoms with Crippen molar-refractivity contribution in [2.24, 2.45) is 0 Å².